The van der Waals surface area contributed by atoms with Gasteiger partial charge in [0.1, 0.15) is 22.9 Å². The monoisotopic (exact) mass is 466 g/mol. The Labute approximate surface area is 198 Å². The molecule has 4 aromatic rings. The molecule has 0 aliphatic rings. The highest BCUT2D eigenvalue weighted by atomic mass is 32.1. The number of benzene rings is 2. The Balaban J connectivity index is 0.00000149. The van der Waals surface area contributed by atoms with E-state index in [0.29, 0.717) is 19.0 Å². The number of nitrogens with two attached hydrogens (primary N) is 1. The van der Waals surface area contributed by atoms with Gasteiger partial charge in [-0.2, -0.15) is 0 Å². The van der Waals surface area contributed by atoms with E-state index in [0.717, 1.165) is 38.4 Å². The van der Waals surface area contributed by atoms with Gasteiger partial charge in [0.2, 0.25) is 0 Å². The normalized spacial score (nSPS) is 11.5. The molecule has 4 rings (SSSR count). The average Bonchev–Trinajstić information content (AvgIpc) is 3.49. The van der Waals surface area contributed by atoms with Crippen molar-refractivity contribution in [3.63, 3.8) is 0 Å². The van der Waals surface area contributed by atoms with E-state index in [-0.39, 0.29) is 18.4 Å². The first-order chi connectivity index (χ1) is 16.0. The van der Waals surface area contributed by atoms with Crippen LogP contribution in [0.25, 0.3) is 22.2 Å². The van der Waals surface area contributed by atoms with Gasteiger partial charge in [-0.15, -0.1) is 11.3 Å². The summed E-state index contributed by atoms with van der Waals surface area (Å²) in [6, 6.07) is 13.4. The lowest BCUT2D eigenvalue weighted by atomic mass is 10.1. The maximum absolute atomic E-state index is 11.9. The third-order valence-corrected chi connectivity index (χ3v) is 5.85. The molecular formula is C26H30N2O4S. The Morgan fingerprint density at radius 3 is 2.73 bits per heavy atom. The molecule has 7 heteroatoms. The van der Waals surface area contributed by atoms with E-state index in [1.807, 2.05) is 68.6 Å². The number of hydrogen-bond acceptors (Lipinski definition) is 7. The van der Waals surface area contributed by atoms with Crippen LogP contribution in [0.1, 0.15) is 49.9 Å². The van der Waals surface area contributed by atoms with Gasteiger partial charge in [0.15, 0.2) is 0 Å². The van der Waals surface area contributed by atoms with Crippen LogP contribution in [0.4, 0.5) is 0 Å². The largest absolute Gasteiger partial charge is 0.489 e. The fourth-order valence-electron chi connectivity index (χ4n) is 3.36. The van der Waals surface area contributed by atoms with E-state index in [1.54, 1.807) is 13.2 Å². The lowest BCUT2D eigenvalue weighted by molar-refractivity contribution is -0.142. The summed E-state index contributed by atoms with van der Waals surface area (Å²) in [5.41, 5.74) is 10.3. The number of para-hydroxylation sites is 1. The fourth-order valence-corrected chi connectivity index (χ4v) is 4.14. The molecule has 2 aromatic carbocycles. The van der Waals surface area contributed by atoms with Crippen LogP contribution >= 0.6 is 11.3 Å². The van der Waals surface area contributed by atoms with E-state index < -0.39 is 0 Å². The van der Waals surface area contributed by atoms with Crippen LogP contribution in [0.2, 0.25) is 0 Å². The van der Waals surface area contributed by atoms with Crippen LogP contribution in [-0.4, -0.2) is 17.6 Å². The molecule has 2 N–H and O–H groups in total. The summed E-state index contributed by atoms with van der Waals surface area (Å²) in [6.07, 6.45) is 1.85. The zero-order chi connectivity index (χ0) is 23.8. The van der Waals surface area contributed by atoms with Crippen LogP contribution in [0.15, 0.2) is 58.5 Å². The Morgan fingerprint density at radius 2 is 2.00 bits per heavy atom. The molecule has 2 aromatic heterocycles. The van der Waals surface area contributed by atoms with Gasteiger partial charge in [-0.3, -0.25) is 4.79 Å². The molecule has 6 nitrogen and oxygen atoms in total. The first kappa shape index (κ1) is 24.5. The average molecular weight is 467 g/mol. The topological polar surface area (TPSA) is 87.6 Å². The number of ether oxygens (including phenoxy) is 2. The van der Waals surface area contributed by atoms with Crippen LogP contribution < -0.4 is 10.5 Å². The van der Waals surface area contributed by atoms with Gasteiger partial charge in [0.05, 0.1) is 31.0 Å². The second-order valence-corrected chi connectivity index (χ2v) is 8.11. The first-order valence-corrected chi connectivity index (χ1v) is 12.0. The third kappa shape index (κ3) is 6.00. The standard InChI is InChI=1S/C24H24N2O4S.C2H6/c1-3-28-22(27)12-17-6-4-5-7-21(17)30-13-16-10-18-8-9-29-23(18)19(11-16)20-14-31-24(26-20)15(2)25;1-2/h4-11,14-15H,3,12-13,25H2,1-2H3;1-2H3. The molecule has 174 valence electrons. The summed E-state index contributed by atoms with van der Waals surface area (Å²) in [4.78, 5) is 16.6. The quantitative estimate of drug-likeness (QED) is 0.307. The molecule has 2 heterocycles. The second kappa shape index (κ2) is 11.6. The van der Waals surface area contributed by atoms with Gasteiger partial charge in [0, 0.05) is 21.9 Å². The van der Waals surface area contributed by atoms with Crippen molar-refractivity contribution in [2.24, 2.45) is 5.73 Å². The van der Waals surface area contributed by atoms with Crippen molar-refractivity contribution < 1.29 is 18.7 Å². The fraction of sp³-hybridized carbons (Fsp3) is 0.308. The molecule has 1 atom stereocenters. The lowest BCUT2D eigenvalue weighted by Gasteiger charge is -2.12. The maximum Gasteiger partial charge on any atom is 0.310 e. The third-order valence-electron chi connectivity index (χ3n) is 4.81. The lowest BCUT2D eigenvalue weighted by Crippen LogP contribution is -2.09. The summed E-state index contributed by atoms with van der Waals surface area (Å²) < 4.78 is 16.9. The Kier molecular flexibility index (Phi) is 8.63. The molecule has 0 bridgehead atoms. The van der Waals surface area contributed by atoms with E-state index in [9.17, 15) is 4.79 Å². The van der Waals surface area contributed by atoms with Gasteiger partial charge in [-0.1, -0.05) is 32.0 Å². The Morgan fingerprint density at radius 1 is 1.21 bits per heavy atom. The molecule has 0 saturated carbocycles. The zero-order valence-electron chi connectivity index (χ0n) is 19.5. The Hall–Kier alpha value is -3.16. The smallest absolute Gasteiger partial charge is 0.310 e. The van der Waals surface area contributed by atoms with E-state index in [2.05, 4.69) is 4.98 Å². The molecule has 1 unspecified atom stereocenters. The minimum Gasteiger partial charge on any atom is -0.489 e. The number of esters is 1. The molecule has 0 amide bonds. The van der Waals surface area contributed by atoms with Crippen molar-refractivity contribution in [3.05, 3.63) is 70.2 Å². The number of thiazole rings is 1. The minimum atomic E-state index is -0.269. The number of hydrogen-bond donors (Lipinski definition) is 1. The van der Waals surface area contributed by atoms with Crippen molar-refractivity contribution >= 4 is 28.3 Å². The van der Waals surface area contributed by atoms with Crippen LogP contribution in [0, 0.1) is 0 Å². The van der Waals surface area contributed by atoms with Crippen molar-refractivity contribution in [2.45, 2.75) is 46.8 Å². The van der Waals surface area contributed by atoms with Gasteiger partial charge < -0.3 is 19.6 Å². The summed E-state index contributed by atoms with van der Waals surface area (Å²) in [5, 5.41) is 3.85. The van der Waals surface area contributed by atoms with Crippen molar-refractivity contribution in [1.82, 2.24) is 4.98 Å². The number of furan rings is 1. The van der Waals surface area contributed by atoms with Gasteiger partial charge in [0.25, 0.3) is 0 Å². The number of rotatable bonds is 8. The molecule has 0 saturated heterocycles. The molecule has 33 heavy (non-hydrogen) atoms. The van der Waals surface area contributed by atoms with E-state index >= 15 is 0 Å². The van der Waals surface area contributed by atoms with Crippen LogP contribution in [-0.2, 0) is 22.6 Å². The van der Waals surface area contributed by atoms with Crippen molar-refractivity contribution in [1.29, 1.82) is 0 Å². The summed E-state index contributed by atoms with van der Waals surface area (Å²) in [7, 11) is 0. The van der Waals surface area contributed by atoms with Gasteiger partial charge in [-0.25, -0.2) is 4.98 Å². The number of nitrogens with zero attached hydrogens (tertiary/aromatic N) is 1. The summed E-state index contributed by atoms with van der Waals surface area (Å²) in [6.45, 7) is 8.42. The number of fused-ring (bicyclic) bond motifs is 1. The first-order valence-electron chi connectivity index (χ1n) is 11.1. The molecular weight excluding hydrogens is 436 g/mol. The molecule has 0 spiro atoms. The van der Waals surface area contributed by atoms with E-state index in [1.165, 1.54) is 11.3 Å². The predicted molar refractivity (Wildman–Crippen MR) is 132 cm³/mol. The molecule has 0 aliphatic heterocycles. The molecule has 0 radical (unpaired) electrons. The zero-order valence-corrected chi connectivity index (χ0v) is 20.3. The molecule has 0 aliphatic carbocycles. The number of aromatic nitrogens is 1. The second-order valence-electron chi connectivity index (χ2n) is 7.22. The van der Waals surface area contributed by atoms with Crippen LogP contribution in [0.3, 0.4) is 0 Å². The summed E-state index contributed by atoms with van der Waals surface area (Å²) >= 11 is 1.54. The van der Waals surface area contributed by atoms with E-state index in [4.69, 9.17) is 19.6 Å². The number of carbonyl (C=O) groups excluding carboxylic acids is 1. The number of carbonyl (C=O) groups is 1. The maximum atomic E-state index is 11.9. The van der Waals surface area contributed by atoms with Crippen LogP contribution in [0.5, 0.6) is 5.75 Å². The SMILES string of the molecule is CC.CCOC(=O)Cc1ccccc1OCc1cc(-c2csc(C(C)N)n2)c2occc2c1. The van der Waals surface area contributed by atoms with Crippen molar-refractivity contribution in [2.75, 3.05) is 6.61 Å². The van der Waals surface area contributed by atoms with Gasteiger partial charge in [-0.05, 0) is 43.7 Å². The highest BCUT2D eigenvalue weighted by Gasteiger charge is 2.15. The molecule has 0 fully saturated rings. The van der Waals surface area contributed by atoms with Gasteiger partial charge >= 0.3 is 5.97 Å². The Bertz CT molecular complexity index is 1200. The highest BCUT2D eigenvalue weighted by molar-refractivity contribution is 7.10. The highest BCUT2D eigenvalue weighted by Crippen LogP contribution is 2.33. The van der Waals surface area contributed by atoms with Crippen molar-refractivity contribution in [3.8, 4) is 17.0 Å². The predicted octanol–water partition coefficient (Wildman–Crippen LogP) is 6.29. The minimum absolute atomic E-state index is 0.117. The summed E-state index contributed by atoms with van der Waals surface area (Å²) in [5.74, 6) is 0.395.